The molecule has 3 rings (SSSR count). The maximum absolute atomic E-state index is 11.8. The van der Waals surface area contributed by atoms with Gasteiger partial charge in [-0.1, -0.05) is 0 Å². The van der Waals surface area contributed by atoms with Crippen LogP contribution in [0.5, 0.6) is 5.75 Å². The smallest absolute Gasteiger partial charge is 0.421 e. The van der Waals surface area contributed by atoms with Crippen LogP contribution < -0.4 is 10.5 Å². The van der Waals surface area contributed by atoms with Gasteiger partial charge in [0.1, 0.15) is 5.75 Å². The lowest BCUT2D eigenvalue weighted by Gasteiger charge is -2.06. The second-order valence-electron chi connectivity index (χ2n) is 4.88. The summed E-state index contributed by atoms with van der Waals surface area (Å²) in [5, 5.41) is 8.82. The van der Waals surface area contributed by atoms with E-state index in [4.69, 9.17) is 14.3 Å². The Kier molecular flexibility index (Phi) is 4.09. The first-order chi connectivity index (χ1) is 11.1. The van der Waals surface area contributed by atoms with E-state index in [1.807, 2.05) is 0 Å². The van der Waals surface area contributed by atoms with Crippen LogP contribution in [0.15, 0.2) is 51.8 Å². The van der Waals surface area contributed by atoms with Crippen molar-refractivity contribution in [2.45, 2.75) is 13.0 Å². The number of rotatable bonds is 6. The van der Waals surface area contributed by atoms with Crippen molar-refractivity contribution in [3.05, 3.63) is 58.7 Å². The molecule has 1 aromatic carbocycles. The topological polar surface area (TPSA) is 94.6 Å². The number of oxazole rings is 1. The Bertz CT molecular complexity index is 879. The normalized spacial score (nSPS) is 10.8. The third kappa shape index (κ3) is 3.23. The Hall–Kier alpha value is -3.09. The van der Waals surface area contributed by atoms with Crippen LogP contribution in [0, 0.1) is 0 Å². The van der Waals surface area contributed by atoms with Gasteiger partial charge in [0.2, 0.25) is 0 Å². The predicted molar refractivity (Wildman–Crippen MR) is 81.8 cm³/mol. The van der Waals surface area contributed by atoms with E-state index in [-0.39, 0.29) is 5.56 Å². The number of hydrogen-bond donors (Lipinski definition) is 1. The molecule has 2 heterocycles. The minimum absolute atomic E-state index is 0.208. The van der Waals surface area contributed by atoms with Gasteiger partial charge in [-0.15, -0.1) is 0 Å². The van der Waals surface area contributed by atoms with Gasteiger partial charge >= 0.3 is 11.7 Å². The van der Waals surface area contributed by atoms with Crippen molar-refractivity contribution in [3.63, 3.8) is 0 Å². The van der Waals surface area contributed by atoms with Crippen LogP contribution in [0.1, 0.15) is 16.8 Å². The highest BCUT2D eigenvalue weighted by Crippen LogP contribution is 2.13. The maximum atomic E-state index is 11.8. The van der Waals surface area contributed by atoms with Crippen LogP contribution in [-0.4, -0.2) is 27.2 Å². The van der Waals surface area contributed by atoms with Crippen LogP contribution >= 0.6 is 0 Å². The van der Waals surface area contributed by atoms with E-state index >= 15 is 0 Å². The van der Waals surface area contributed by atoms with Gasteiger partial charge in [0.05, 0.1) is 12.2 Å². The molecule has 0 radical (unpaired) electrons. The molecule has 0 aliphatic rings. The average Bonchev–Trinajstić information content (AvgIpc) is 2.87. The molecule has 0 saturated carbocycles. The Morgan fingerprint density at radius 1 is 1.26 bits per heavy atom. The largest absolute Gasteiger partial charge is 0.494 e. The van der Waals surface area contributed by atoms with Crippen LogP contribution in [0.3, 0.4) is 0 Å². The zero-order chi connectivity index (χ0) is 16.2. The molecule has 0 fully saturated rings. The molecule has 0 aliphatic heterocycles. The highest BCUT2D eigenvalue weighted by molar-refractivity contribution is 5.87. The summed E-state index contributed by atoms with van der Waals surface area (Å²) in [5.74, 6) is -0.836. The fraction of sp³-hybridized carbons (Fsp3) is 0.188. The van der Waals surface area contributed by atoms with Crippen molar-refractivity contribution in [2.75, 3.05) is 6.61 Å². The minimum atomic E-state index is -0.977. The third-order valence-corrected chi connectivity index (χ3v) is 3.32. The third-order valence-electron chi connectivity index (χ3n) is 3.32. The van der Waals surface area contributed by atoms with Gasteiger partial charge in [0.15, 0.2) is 11.2 Å². The number of pyridine rings is 1. The standard InChI is InChI=1S/C16H14N2O5/c19-15(20)11-4-6-12(7-5-11)22-10-2-9-18-14-13(23-16(18)21)3-1-8-17-14/h1,3-8H,2,9-10H2,(H,19,20). The van der Waals surface area contributed by atoms with Crippen LogP contribution in [-0.2, 0) is 6.54 Å². The highest BCUT2D eigenvalue weighted by Gasteiger charge is 2.09. The molecule has 3 aromatic rings. The van der Waals surface area contributed by atoms with Crippen LogP contribution in [0.4, 0.5) is 0 Å². The number of aromatic nitrogens is 2. The SMILES string of the molecule is O=C(O)c1ccc(OCCCn2c(=O)oc3cccnc32)cc1. The summed E-state index contributed by atoms with van der Waals surface area (Å²) in [6.45, 7) is 0.814. The zero-order valence-corrected chi connectivity index (χ0v) is 12.1. The number of aromatic carboxylic acids is 1. The molecule has 0 atom stereocenters. The maximum Gasteiger partial charge on any atom is 0.421 e. The van der Waals surface area contributed by atoms with Gasteiger partial charge in [0, 0.05) is 12.7 Å². The highest BCUT2D eigenvalue weighted by atomic mass is 16.5. The summed E-state index contributed by atoms with van der Waals surface area (Å²) in [6.07, 6.45) is 2.19. The number of ether oxygens (including phenoxy) is 1. The number of aryl methyl sites for hydroxylation is 1. The van der Waals surface area contributed by atoms with Crippen molar-refractivity contribution in [2.24, 2.45) is 0 Å². The molecule has 0 saturated heterocycles. The predicted octanol–water partition coefficient (Wildman–Crippen LogP) is 2.16. The van der Waals surface area contributed by atoms with Crippen molar-refractivity contribution in [3.8, 4) is 5.75 Å². The molecule has 118 valence electrons. The minimum Gasteiger partial charge on any atom is -0.494 e. The van der Waals surface area contributed by atoms with Gasteiger partial charge in [-0.25, -0.2) is 14.6 Å². The average molecular weight is 314 g/mol. The second kappa shape index (κ2) is 6.35. The number of benzene rings is 1. The molecule has 23 heavy (non-hydrogen) atoms. The Morgan fingerprint density at radius 3 is 2.78 bits per heavy atom. The summed E-state index contributed by atoms with van der Waals surface area (Å²) >= 11 is 0. The van der Waals surface area contributed by atoms with E-state index in [1.165, 1.54) is 16.7 Å². The van der Waals surface area contributed by atoms with E-state index in [0.717, 1.165) is 0 Å². The molecular formula is C16H14N2O5. The van der Waals surface area contributed by atoms with Crippen molar-refractivity contribution in [1.82, 2.24) is 9.55 Å². The Balaban J connectivity index is 1.58. The van der Waals surface area contributed by atoms with Crippen molar-refractivity contribution < 1.29 is 19.1 Å². The number of nitrogens with zero attached hydrogens (tertiary/aromatic N) is 2. The molecule has 0 aliphatic carbocycles. The lowest BCUT2D eigenvalue weighted by atomic mass is 10.2. The van der Waals surface area contributed by atoms with Gasteiger partial charge in [-0.3, -0.25) is 4.57 Å². The summed E-state index contributed by atoms with van der Waals surface area (Å²) < 4.78 is 12.1. The van der Waals surface area contributed by atoms with Crippen LogP contribution in [0.25, 0.3) is 11.2 Å². The van der Waals surface area contributed by atoms with E-state index in [2.05, 4.69) is 4.98 Å². The quantitative estimate of drug-likeness (QED) is 0.701. The second-order valence-corrected chi connectivity index (χ2v) is 4.88. The molecule has 0 bridgehead atoms. The first kappa shape index (κ1) is 14.8. The van der Waals surface area contributed by atoms with Crippen LogP contribution in [0.2, 0.25) is 0 Å². The summed E-state index contributed by atoms with van der Waals surface area (Å²) in [4.78, 5) is 26.7. The molecule has 0 spiro atoms. The van der Waals surface area contributed by atoms with Gasteiger partial charge in [0.25, 0.3) is 0 Å². The lowest BCUT2D eigenvalue weighted by molar-refractivity contribution is 0.0697. The molecule has 7 nitrogen and oxygen atoms in total. The number of carboxylic acids is 1. The number of hydrogen-bond acceptors (Lipinski definition) is 5. The van der Waals surface area contributed by atoms with E-state index in [9.17, 15) is 9.59 Å². The zero-order valence-electron chi connectivity index (χ0n) is 12.1. The number of fused-ring (bicyclic) bond motifs is 1. The molecule has 0 unspecified atom stereocenters. The van der Waals surface area contributed by atoms with E-state index in [0.29, 0.717) is 36.6 Å². The molecule has 1 N–H and O–H groups in total. The Labute approximate surface area is 130 Å². The van der Waals surface area contributed by atoms with Crippen molar-refractivity contribution >= 4 is 17.2 Å². The lowest BCUT2D eigenvalue weighted by Crippen LogP contribution is -2.16. The van der Waals surface area contributed by atoms with Crippen molar-refractivity contribution in [1.29, 1.82) is 0 Å². The molecule has 2 aromatic heterocycles. The molecule has 7 heteroatoms. The van der Waals surface area contributed by atoms with E-state index in [1.54, 1.807) is 30.5 Å². The monoisotopic (exact) mass is 314 g/mol. The fourth-order valence-corrected chi connectivity index (χ4v) is 2.20. The van der Waals surface area contributed by atoms with Gasteiger partial charge < -0.3 is 14.3 Å². The van der Waals surface area contributed by atoms with Gasteiger partial charge in [-0.2, -0.15) is 0 Å². The van der Waals surface area contributed by atoms with E-state index < -0.39 is 11.7 Å². The number of carbonyl (C=O) groups is 1. The number of carboxylic acid groups (broad SMARTS) is 1. The Morgan fingerprint density at radius 2 is 2.04 bits per heavy atom. The molecule has 0 amide bonds. The first-order valence-electron chi connectivity index (χ1n) is 7.05. The fourth-order valence-electron chi connectivity index (χ4n) is 2.20. The molecular weight excluding hydrogens is 300 g/mol. The van der Waals surface area contributed by atoms with Gasteiger partial charge in [-0.05, 0) is 42.8 Å². The first-order valence-corrected chi connectivity index (χ1v) is 7.05. The summed E-state index contributed by atoms with van der Waals surface area (Å²) in [6, 6.07) is 9.57. The summed E-state index contributed by atoms with van der Waals surface area (Å²) in [7, 11) is 0. The summed E-state index contributed by atoms with van der Waals surface area (Å²) in [5.41, 5.74) is 1.19.